The minimum absolute atomic E-state index is 0. The molecular formula is C2H2CuN2O6Zn2-2. The van der Waals surface area contributed by atoms with Gasteiger partial charge in [-0.2, -0.15) is 0 Å². The Morgan fingerprint density at radius 1 is 0.923 bits per heavy atom. The van der Waals surface area contributed by atoms with Crippen LogP contribution in [-0.2, 0) is 65.7 Å². The van der Waals surface area contributed by atoms with Crippen molar-refractivity contribution in [1.82, 2.24) is 0 Å². The van der Waals surface area contributed by atoms with E-state index in [1.54, 1.807) is 0 Å². The summed E-state index contributed by atoms with van der Waals surface area (Å²) >= 11 is 0. The first kappa shape index (κ1) is 29.2. The van der Waals surface area contributed by atoms with Crippen molar-refractivity contribution in [2.24, 2.45) is 0 Å². The predicted octanol–water partition coefficient (Wildman–Crippen LogP) is -1.38. The minimum atomic E-state index is -1.83. The molecule has 0 saturated carbocycles. The fraction of sp³-hybridized carbons (Fsp3) is 0. The normalized spacial score (nSPS) is 5.08. The molecule has 0 spiro atoms. The second-order valence-electron chi connectivity index (χ2n) is 0.704. The van der Waals surface area contributed by atoms with Crippen molar-refractivity contribution in [2.45, 2.75) is 0 Å². The van der Waals surface area contributed by atoms with Gasteiger partial charge in [0.1, 0.15) is 0 Å². The quantitative estimate of drug-likeness (QED) is 0.391. The Bertz CT molecular complexity index is 111. The van der Waals surface area contributed by atoms with Crippen molar-refractivity contribution >= 4 is 12.3 Å². The van der Waals surface area contributed by atoms with Gasteiger partial charge in [0.2, 0.25) is 12.3 Å². The van der Waals surface area contributed by atoms with Crippen molar-refractivity contribution < 1.29 is 85.5 Å². The number of carboxylic acid groups (broad SMARTS) is 2. The molecular weight excluding hydrogens is 342 g/mol. The summed E-state index contributed by atoms with van der Waals surface area (Å²) in [4.78, 5) is 23.3. The molecule has 0 amide bonds. The largest absolute Gasteiger partial charge is 2.00 e. The Labute approximate surface area is 109 Å². The molecule has 0 unspecified atom stereocenters. The summed E-state index contributed by atoms with van der Waals surface area (Å²) in [6.45, 7) is 0. The molecule has 73 valence electrons. The van der Waals surface area contributed by atoms with Gasteiger partial charge >= 0.3 is 17.1 Å². The molecule has 0 aliphatic rings. The van der Waals surface area contributed by atoms with Crippen molar-refractivity contribution in [1.29, 1.82) is 0 Å². The van der Waals surface area contributed by atoms with Gasteiger partial charge in [0.05, 0.1) is 0 Å². The van der Waals surface area contributed by atoms with Crippen LogP contribution < -0.4 is 10.2 Å². The van der Waals surface area contributed by atoms with Gasteiger partial charge in [0.15, 0.2) is 0 Å². The van der Waals surface area contributed by atoms with Gasteiger partial charge in [-0.25, -0.2) is 0 Å². The number of carbonyl (C=O) groups excluding carboxylic acids is 2. The molecule has 0 aliphatic carbocycles. The van der Waals surface area contributed by atoms with E-state index in [-0.39, 0.29) is 56.0 Å². The molecule has 0 heterocycles. The average Bonchev–Trinajstić information content (AvgIpc) is 1.89. The van der Waals surface area contributed by atoms with Crippen LogP contribution >= 0.6 is 0 Å². The molecule has 0 aromatic rings. The third-order valence-electron chi connectivity index (χ3n) is 0.167. The maximum Gasteiger partial charge on any atom is 2.00 e. The van der Waals surface area contributed by atoms with Crippen LogP contribution in [0.3, 0.4) is 0 Å². The summed E-state index contributed by atoms with van der Waals surface area (Å²) in [6.07, 6.45) is -3.66. The zero-order valence-electron chi connectivity index (χ0n) is 6.17. The maximum absolute atomic E-state index is 8.85. The average molecular weight is 344 g/mol. The van der Waals surface area contributed by atoms with E-state index >= 15 is 0 Å². The Kier molecular flexibility index (Phi) is 51.2. The number of hydrogen-bond donors (Lipinski definition) is 0. The molecule has 0 bridgehead atoms. The standard InChI is InChI=1S/2CH2NO3.Cu.2Zn/c2*2-5-1(3)4;;;/h2*2H,(H,3,4);;;/q2*-1;+2;;/p-2. The molecule has 0 saturated heterocycles. The molecule has 2 N–H and O–H groups in total. The molecule has 0 atom stereocenters. The van der Waals surface area contributed by atoms with Gasteiger partial charge in [-0.3, -0.25) is 0 Å². The molecule has 0 aromatic carbocycles. The number of carbonyl (C=O) groups is 2. The van der Waals surface area contributed by atoms with Crippen LogP contribution in [0.25, 0.3) is 11.8 Å². The topological polar surface area (TPSA) is 146 Å². The monoisotopic (exact) mass is 341 g/mol. The van der Waals surface area contributed by atoms with Crippen LogP contribution in [0.15, 0.2) is 0 Å². The molecule has 13 heavy (non-hydrogen) atoms. The third-order valence-corrected chi connectivity index (χ3v) is 0.167. The summed E-state index contributed by atoms with van der Waals surface area (Å²) in [5.41, 5.74) is 0. The summed E-state index contributed by atoms with van der Waals surface area (Å²) in [5.74, 6) is 11.0. The zero-order chi connectivity index (χ0) is 8.57. The maximum atomic E-state index is 8.85. The zero-order valence-corrected chi connectivity index (χ0v) is 13.0. The van der Waals surface area contributed by atoms with Gasteiger partial charge in [-0.15, -0.1) is 0 Å². The second kappa shape index (κ2) is 22.8. The first-order chi connectivity index (χ1) is 4.54. The van der Waals surface area contributed by atoms with Crippen LogP contribution in [0.1, 0.15) is 0 Å². The first-order valence-corrected chi connectivity index (χ1v) is 1.63. The van der Waals surface area contributed by atoms with E-state index in [1.807, 2.05) is 0 Å². The second-order valence-corrected chi connectivity index (χ2v) is 0.704. The Hall–Kier alpha value is 0.226. The third kappa shape index (κ3) is 71.6. The molecule has 1 radical (unpaired) electrons. The Morgan fingerprint density at radius 3 is 1.00 bits per heavy atom. The fourth-order valence-electron chi connectivity index (χ4n) is 0. The van der Waals surface area contributed by atoms with E-state index < -0.39 is 12.3 Å². The van der Waals surface area contributed by atoms with E-state index in [9.17, 15) is 0 Å². The van der Waals surface area contributed by atoms with Gasteiger partial charge < -0.3 is 41.3 Å². The van der Waals surface area contributed by atoms with Gasteiger partial charge in [0, 0.05) is 39.0 Å². The molecule has 11 heteroatoms. The van der Waals surface area contributed by atoms with Crippen LogP contribution in [0.5, 0.6) is 0 Å². The first-order valence-electron chi connectivity index (χ1n) is 1.63. The van der Waals surface area contributed by atoms with Crippen LogP contribution in [-0.4, -0.2) is 12.3 Å². The minimum Gasteiger partial charge on any atom is -0.663 e. The molecule has 0 rings (SSSR count). The van der Waals surface area contributed by atoms with Gasteiger partial charge in [0.25, 0.3) is 0 Å². The summed E-state index contributed by atoms with van der Waals surface area (Å²) in [5, 5.41) is 17.7. The van der Waals surface area contributed by atoms with Crippen molar-refractivity contribution in [3.8, 4) is 0 Å². The number of rotatable bonds is 0. The smallest absolute Gasteiger partial charge is 0.663 e. The van der Waals surface area contributed by atoms with Crippen LogP contribution in [0.4, 0.5) is 9.59 Å². The van der Waals surface area contributed by atoms with E-state index in [0.717, 1.165) is 0 Å². The van der Waals surface area contributed by atoms with E-state index in [1.165, 1.54) is 0 Å². The number of nitrogens with one attached hydrogen (secondary N) is 2. The van der Waals surface area contributed by atoms with Crippen molar-refractivity contribution in [3.63, 3.8) is 0 Å². The van der Waals surface area contributed by atoms with Crippen LogP contribution in [0.2, 0.25) is 0 Å². The van der Waals surface area contributed by atoms with Gasteiger partial charge in [-0.1, -0.05) is 0 Å². The van der Waals surface area contributed by atoms with Crippen molar-refractivity contribution in [2.75, 3.05) is 0 Å². The Morgan fingerprint density at radius 2 is 1.00 bits per heavy atom. The van der Waals surface area contributed by atoms with E-state index in [4.69, 9.17) is 31.6 Å². The molecule has 0 aliphatic heterocycles. The van der Waals surface area contributed by atoms with E-state index in [0.29, 0.717) is 0 Å². The Balaban J connectivity index is -0.0000000267. The summed E-state index contributed by atoms with van der Waals surface area (Å²) in [7, 11) is 0. The SMILES string of the molecule is [Cu+2].[NH-]OC(=O)[O-].[NH-]OC(=O)[O-].[Zn].[Zn]. The predicted molar refractivity (Wildman–Crippen MR) is 21.6 cm³/mol. The molecule has 8 nitrogen and oxygen atoms in total. The summed E-state index contributed by atoms with van der Waals surface area (Å²) < 4.78 is 0. The molecule has 0 aromatic heterocycles. The fourth-order valence-corrected chi connectivity index (χ4v) is 0. The summed E-state index contributed by atoms with van der Waals surface area (Å²) in [6, 6.07) is 0. The number of hydrogen-bond acceptors (Lipinski definition) is 6. The van der Waals surface area contributed by atoms with Crippen molar-refractivity contribution in [3.05, 3.63) is 11.8 Å². The van der Waals surface area contributed by atoms with Gasteiger partial charge in [-0.05, 0) is 0 Å². The van der Waals surface area contributed by atoms with Crippen LogP contribution in [0, 0.1) is 0 Å². The van der Waals surface area contributed by atoms with E-state index in [2.05, 4.69) is 9.68 Å². The molecule has 0 fully saturated rings.